The van der Waals surface area contributed by atoms with Crippen LogP contribution in [0.2, 0.25) is 0 Å². The summed E-state index contributed by atoms with van der Waals surface area (Å²) in [6, 6.07) is 0. The molecule has 44 valence electrons. The van der Waals surface area contributed by atoms with E-state index in [1.807, 2.05) is 6.92 Å². The first kappa shape index (κ1) is 5.35. The lowest BCUT2D eigenvalue weighted by Crippen LogP contribution is -1.91. The number of hydrogen-bond acceptors (Lipinski definition) is 2. The molecule has 0 aliphatic heterocycles. The molecule has 1 N–H and O–H groups in total. The molecule has 0 heterocycles. The van der Waals surface area contributed by atoms with Crippen molar-refractivity contribution in [3.05, 3.63) is 11.6 Å². The molecule has 0 saturated carbocycles. The van der Waals surface area contributed by atoms with Crippen molar-refractivity contribution >= 4 is 5.71 Å². The highest BCUT2D eigenvalue weighted by atomic mass is 16.4. The van der Waals surface area contributed by atoms with Crippen molar-refractivity contribution in [3.63, 3.8) is 0 Å². The van der Waals surface area contributed by atoms with Crippen LogP contribution in [0.25, 0.3) is 0 Å². The van der Waals surface area contributed by atoms with E-state index in [2.05, 4.69) is 11.2 Å². The minimum atomic E-state index is 0.838. The Balaban J connectivity index is 2.74. The van der Waals surface area contributed by atoms with Gasteiger partial charge in [-0.2, -0.15) is 0 Å². The summed E-state index contributed by atoms with van der Waals surface area (Å²) in [6.07, 6.45) is 4.02. The predicted molar refractivity (Wildman–Crippen MR) is 32.2 cm³/mol. The Kier molecular flexibility index (Phi) is 1.33. The van der Waals surface area contributed by atoms with E-state index in [0.717, 1.165) is 24.1 Å². The quantitative estimate of drug-likeness (QED) is 0.373. The number of hydrogen-bond donors (Lipinski definition) is 1. The topological polar surface area (TPSA) is 32.6 Å². The molecule has 2 heteroatoms. The van der Waals surface area contributed by atoms with Crippen molar-refractivity contribution in [3.8, 4) is 0 Å². The van der Waals surface area contributed by atoms with Gasteiger partial charge >= 0.3 is 0 Å². The van der Waals surface area contributed by atoms with Crippen molar-refractivity contribution in [2.24, 2.45) is 5.16 Å². The average Bonchev–Trinajstić information content (AvgIpc) is 2.14. The summed E-state index contributed by atoms with van der Waals surface area (Å²) in [4.78, 5) is 0. The summed E-state index contributed by atoms with van der Waals surface area (Å²) >= 11 is 0. The Morgan fingerprint density at radius 1 is 1.75 bits per heavy atom. The van der Waals surface area contributed by atoms with E-state index >= 15 is 0 Å². The standard InChI is InChI=1S/C6H9NO/c1-5-3-2-4-6(5)7-8/h3,8H,2,4H2,1H3. The fourth-order valence-electron chi connectivity index (χ4n) is 0.869. The Hall–Kier alpha value is -0.790. The van der Waals surface area contributed by atoms with Crippen LogP contribution in [-0.2, 0) is 0 Å². The number of allylic oxidation sites excluding steroid dienone is 2. The smallest absolute Gasteiger partial charge is 0.0824 e. The summed E-state index contributed by atoms with van der Waals surface area (Å²) in [7, 11) is 0. The van der Waals surface area contributed by atoms with Gasteiger partial charge < -0.3 is 5.21 Å². The lowest BCUT2D eigenvalue weighted by Gasteiger charge is -1.89. The Labute approximate surface area is 48.5 Å². The van der Waals surface area contributed by atoms with Crippen molar-refractivity contribution in [2.45, 2.75) is 19.8 Å². The van der Waals surface area contributed by atoms with Crippen LogP contribution in [0.1, 0.15) is 19.8 Å². The molecule has 0 amide bonds. The zero-order valence-corrected chi connectivity index (χ0v) is 4.89. The van der Waals surface area contributed by atoms with E-state index in [1.165, 1.54) is 0 Å². The lowest BCUT2D eigenvalue weighted by atomic mass is 10.2. The van der Waals surface area contributed by atoms with Crippen LogP contribution in [0, 0.1) is 0 Å². The third kappa shape index (κ3) is 0.735. The Morgan fingerprint density at radius 3 is 2.75 bits per heavy atom. The summed E-state index contributed by atoms with van der Waals surface area (Å²) < 4.78 is 0. The maximum absolute atomic E-state index is 8.28. The molecule has 1 aliphatic carbocycles. The second kappa shape index (κ2) is 1.99. The summed E-state index contributed by atoms with van der Waals surface area (Å²) in [5.41, 5.74) is 1.96. The van der Waals surface area contributed by atoms with Gasteiger partial charge in [0.15, 0.2) is 0 Å². The van der Waals surface area contributed by atoms with Gasteiger partial charge in [0.05, 0.1) is 5.71 Å². The second-order valence-electron chi connectivity index (χ2n) is 1.97. The van der Waals surface area contributed by atoms with Crippen LogP contribution < -0.4 is 0 Å². The van der Waals surface area contributed by atoms with Gasteiger partial charge in [0, 0.05) is 0 Å². The van der Waals surface area contributed by atoms with Crippen LogP contribution in [0.3, 0.4) is 0 Å². The minimum absolute atomic E-state index is 0.838. The Bertz CT molecular complexity index is 147. The van der Waals surface area contributed by atoms with E-state index in [0.29, 0.717) is 0 Å². The van der Waals surface area contributed by atoms with Crippen molar-refractivity contribution in [2.75, 3.05) is 0 Å². The highest BCUT2D eigenvalue weighted by molar-refractivity contribution is 6.01. The largest absolute Gasteiger partial charge is 0.411 e. The molecule has 0 aromatic rings. The van der Waals surface area contributed by atoms with Crippen LogP contribution in [0.15, 0.2) is 16.8 Å². The maximum Gasteiger partial charge on any atom is 0.0824 e. The molecule has 0 saturated heterocycles. The molecule has 0 bridgehead atoms. The molecule has 1 aliphatic rings. The zero-order valence-electron chi connectivity index (χ0n) is 4.89. The molecule has 0 spiro atoms. The van der Waals surface area contributed by atoms with Crippen LogP contribution >= 0.6 is 0 Å². The fraction of sp³-hybridized carbons (Fsp3) is 0.500. The van der Waals surface area contributed by atoms with Gasteiger partial charge in [-0.3, -0.25) is 0 Å². The molecular weight excluding hydrogens is 102 g/mol. The average molecular weight is 111 g/mol. The van der Waals surface area contributed by atoms with Gasteiger partial charge in [0.1, 0.15) is 0 Å². The zero-order chi connectivity index (χ0) is 5.98. The monoisotopic (exact) mass is 111 g/mol. The van der Waals surface area contributed by atoms with Crippen molar-refractivity contribution in [1.82, 2.24) is 0 Å². The highest BCUT2D eigenvalue weighted by Gasteiger charge is 2.07. The summed E-state index contributed by atoms with van der Waals surface area (Å²) in [5, 5.41) is 11.4. The van der Waals surface area contributed by atoms with E-state index in [4.69, 9.17) is 5.21 Å². The van der Waals surface area contributed by atoms with Gasteiger partial charge in [0.25, 0.3) is 0 Å². The van der Waals surface area contributed by atoms with Crippen LogP contribution in [0.4, 0.5) is 0 Å². The molecule has 2 nitrogen and oxygen atoms in total. The minimum Gasteiger partial charge on any atom is -0.411 e. The Morgan fingerprint density at radius 2 is 2.50 bits per heavy atom. The first-order valence-electron chi connectivity index (χ1n) is 2.72. The maximum atomic E-state index is 8.28. The third-order valence-electron chi connectivity index (χ3n) is 1.41. The van der Waals surface area contributed by atoms with E-state index < -0.39 is 0 Å². The van der Waals surface area contributed by atoms with Crippen molar-refractivity contribution < 1.29 is 5.21 Å². The SMILES string of the molecule is CC1=CCCC1=NO. The molecule has 0 unspecified atom stereocenters. The van der Waals surface area contributed by atoms with Gasteiger partial charge in [0.2, 0.25) is 0 Å². The van der Waals surface area contributed by atoms with Gasteiger partial charge in [-0.25, -0.2) is 0 Å². The molecule has 0 aromatic carbocycles. The molecule has 0 fully saturated rings. The molecule has 0 atom stereocenters. The van der Waals surface area contributed by atoms with Gasteiger partial charge in [-0.05, 0) is 25.3 Å². The number of oxime groups is 1. The number of nitrogens with zero attached hydrogens (tertiary/aromatic N) is 1. The molecular formula is C6H9NO. The first-order chi connectivity index (χ1) is 3.84. The lowest BCUT2D eigenvalue weighted by molar-refractivity contribution is 0.318. The van der Waals surface area contributed by atoms with Crippen LogP contribution in [0.5, 0.6) is 0 Å². The molecule has 1 rings (SSSR count). The number of rotatable bonds is 0. The van der Waals surface area contributed by atoms with Gasteiger partial charge in [-0.1, -0.05) is 11.2 Å². The van der Waals surface area contributed by atoms with Crippen LogP contribution in [-0.4, -0.2) is 10.9 Å². The fourth-order valence-corrected chi connectivity index (χ4v) is 0.869. The molecule has 0 aromatic heterocycles. The third-order valence-corrected chi connectivity index (χ3v) is 1.41. The predicted octanol–water partition coefficient (Wildman–Crippen LogP) is 1.56. The van der Waals surface area contributed by atoms with Gasteiger partial charge in [-0.15, -0.1) is 0 Å². The second-order valence-corrected chi connectivity index (χ2v) is 1.97. The normalized spacial score (nSPS) is 24.1. The first-order valence-corrected chi connectivity index (χ1v) is 2.72. The van der Waals surface area contributed by atoms with E-state index in [9.17, 15) is 0 Å². The summed E-state index contributed by atoms with van der Waals surface area (Å²) in [5.74, 6) is 0. The van der Waals surface area contributed by atoms with E-state index in [1.54, 1.807) is 0 Å². The molecule has 8 heavy (non-hydrogen) atoms. The molecule has 0 radical (unpaired) electrons. The highest BCUT2D eigenvalue weighted by Crippen LogP contribution is 2.13. The van der Waals surface area contributed by atoms with E-state index in [-0.39, 0.29) is 0 Å². The van der Waals surface area contributed by atoms with Crippen molar-refractivity contribution in [1.29, 1.82) is 0 Å². The summed E-state index contributed by atoms with van der Waals surface area (Å²) in [6.45, 7) is 1.96.